The monoisotopic (exact) mass is 348 g/mol. The standard InChI is InChI=1S/C19H28N2O4/c1-13(2)17(25-12-16-8-5-9-24-16)19(23)21-11-14-6-4-7-15(10-14)18(22)20-3/h4,6-7,10,13,16-17H,5,8-9,11-12H2,1-3H3,(H,20,22)(H,21,23)/t16-,17+/m1/s1. The van der Waals surface area contributed by atoms with E-state index in [1.54, 1.807) is 25.2 Å². The van der Waals surface area contributed by atoms with Crippen LogP contribution in [0.15, 0.2) is 24.3 Å². The van der Waals surface area contributed by atoms with Crippen molar-refractivity contribution in [3.05, 3.63) is 35.4 Å². The molecule has 1 aromatic carbocycles. The number of amides is 2. The number of hydrogen-bond donors (Lipinski definition) is 2. The van der Waals surface area contributed by atoms with Gasteiger partial charge in [-0.1, -0.05) is 26.0 Å². The Hall–Kier alpha value is -1.92. The minimum absolute atomic E-state index is 0.0682. The normalized spacial score (nSPS) is 18.2. The van der Waals surface area contributed by atoms with Crippen LogP contribution in [-0.4, -0.2) is 44.3 Å². The van der Waals surface area contributed by atoms with Gasteiger partial charge in [0, 0.05) is 25.8 Å². The number of carbonyl (C=O) groups excluding carboxylic acids is 2. The fourth-order valence-corrected chi connectivity index (χ4v) is 2.81. The topological polar surface area (TPSA) is 76.7 Å². The van der Waals surface area contributed by atoms with Gasteiger partial charge in [-0.05, 0) is 36.5 Å². The van der Waals surface area contributed by atoms with Crippen molar-refractivity contribution >= 4 is 11.8 Å². The Labute approximate surface area is 149 Å². The van der Waals surface area contributed by atoms with E-state index in [0.717, 1.165) is 25.0 Å². The second kappa shape index (κ2) is 9.53. The molecule has 0 aromatic heterocycles. The van der Waals surface area contributed by atoms with Crippen LogP contribution < -0.4 is 10.6 Å². The van der Waals surface area contributed by atoms with Gasteiger partial charge in [0.2, 0.25) is 5.91 Å². The predicted molar refractivity (Wildman–Crippen MR) is 95.2 cm³/mol. The summed E-state index contributed by atoms with van der Waals surface area (Å²) in [6.07, 6.45) is 1.62. The Bertz CT molecular complexity index is 583. The smallest absolute Gasteiger partial charge is 0.251 e. The van der Waals surface area contributed by atoms with Crippen molar-refractivity contribution in [1.29, 1.82) is 0 Å². The number of carbonyl (C=O) groups is 2. The zero-order valence-electron chi connectivity index (χ0n) is 15.2. The summed E-state index contributed by atoms with van der Waals surface area (Å²) in [6.45, 7) is 5.50. The minimum atomic E-state index is -0.508. The largest absolute Gasteiger partial charge is 0.376 e. The summed E-state index contributed by atoms with van der Waals surface area (Å²) in [7, 11) is 1.59. The van der Waals surface area contributed by atoms with Gasteiger partial charge in [-0.3, -0.25) is 9.59 Å². The minimum Gasteiger partial charge on any atom is -0.376 e. The Morgan fingerprint density at radius 1 is 1.36 bits per heavy atom. The average molecular weight is 348 g/mol. The second-order valence-corrected chi connectivity index (χ2v) is 6.63. The number of benzene rings is 1. The van der Waals surface area contributed by atoms with Gasteiger partial charge in [-0.15, -0.1) is 0 Å². The molecule has 1 aliphatic heterocycles. The number of ether oxygens (including phenoxy) is 2. The lowest BCUT2D eigenvalue weighted by atomic mass is 10.1. The molecular formula is C19H28N2O4. The van der Waals surface area contributed by atoms with Gasteiger partial charge in [0.05, 0.1) is 12.7 Å². The Morgan fingerprint density at radius 2 is 2.16 bits per heavy atom. The Balaban J connectivity index is 1.88. The van der Waals surface area contributed by atoms with E-state index in [4.69, 9.17) is 9.47 Å². The molecule has 1 heterocycles. The number of nitrogens with one attached hydrogen (secondary N) is 2. The molecule has 0 saturated carbocycles. The molecular weight excluding hydrogens is 320 g/mol. The summed E-state index contributed by atoms with van der Waals surface area (Å²) < 4.78 is 11.4. The van der Waals surface area contributed by atoms with Crippen LogP contribution in [0.3, 0.4) is 0 Å². The molecule has 2 atom stereocenters. The van der Waals surface area contributed by atoms with Crippen LogP contribution in [0.1, 0.15) is 42.6 Å². The maximum Gasteiger partial charge on any atom is 0.251 e. The first-order valence-electron chi connectivity index (χ1n) is 8.83. The average Bonchev–Trinajstić information content (AvgIpc) is 3.13. The third kappa shape index (κ3) is 5.83. The molecule has 1 saturated heterocycles. The van der Waals surface area contributed by atoms with E-state index in [1.807, 2.05) is 19.9 Å². The molecule has 2 rings (SSSR count). The van der Waals surface area contributed by atoms with Crippen molar-refractivity contribution < 1.29 is 19.1 Å². The Kier molecular flexibility index (Phi) is 7.40. The molecule has 6 nitrogen and oxygen atoms in total. The van der Waals surface area contributed by atoms with Crippen molar-refractivity contribution in [1.82, 2.24) is 10.6 Å². The van der Waals surface area contributed by atoms with Gasteiger partial charge in [0.1, 0.15) is 6.10 Å². The van der Waals surface area contributed by atoms with Crippen molar-refractivity contribution in [3.8, 4) is 0 Å². The number of hydrogen-bond acceptors (Lipinski definition) is 4. The van der Waals surface area contributed by atoms with Gasteiger partial charge in [0.25, 0.3) is 5.91 Å². The van der Waals surface area contributed by atoms with Crippen LogP contribution in [0.2, 0.25) is 0 Å². The molecule has 0 radical (unpaired) electrons. The summed E-state index contributed by atoms with van der Waals surface area (Å²) in [5.41, 5.74) is 1.44. The van der Waals surface area contributed by atoms with E-state index in [9.17, 15) is 9.59 Å². The third-order valence-corrected chi connectivity index (χ3v) is 4.23. The molecule has 0 bridgehead atoms. The molecule has 1 fully saturated rings. The first-order chi connectivity index (χ1) is 12.0. The second-order valence-electron chi connectivity index (χ2n) is 6.63. The molecule has 1 aliphatic rings. The van der Waals surface area contributed by atoms with Crippen molar-refractivity contribution in [3.63, 3.8) is 0 Å². The molecule has 0 spiro atoms. The molecule has 25 heavy (non-hydrogen) atoms. The van der Waals surface area contributed by atoms with Gasteiger partial charge < -0.3 is 20.1 Å². The van der Waals surface area contributed by atoms with E-state index in [-0.39, 0.29) is 23.8 Å². The van der Waals surface area contributed by atoms with Crippen LogP contribution in [0.25, 0.3) is 0 Å². The predicted octanol–water partition coefficient (Wildman–Crippen LogP) is 1.88. The van der Waals surface area contributed by atoms with E-state index >= 15 is 0 Å². The maximum absolute atomic E-state index is 12.5. The first kappa shape index (κ1) is 19.4. The van der Waals surface area contributed by atoms with Crippen molar-refractivity contribution in [2.75, 3.05) is 20.3 Å². The quantitative estimate of drug-likeness (QED) is 0.752. The van der Waals surface area contributed by atoms with Crippen LogP contribution in [0, 0.1) is 5.92 Å². The van der Waals surface area contributed by atoms with Gasteiger partial charge in [0.15, 0.2) is 0 Å². The fourth-order valence-electron chi connectivity index (χ4n) is 2.81. The highest BCUT2D eigenvalue weighted by Gasteiger charge is 2.25. The highest BCUT2D eigenvalue weighted by Crippen LogP contribution is 2.15. The van der Waals surface area contributed by atoms with Crippen LogP contribution >= 0.6 is 0 Å². The molecule has 2 N–H and O–H groups in total. The lowest BCUT2D eigenvalue weighted by Crippen LogP contribution is -2.40. The lowest BCUT2D eigenvalue weighted by molar-refractivity contribution is -0.138. The summed E-state index contributed by atoms with van der Waals surface area (Å²) in [5.74, 6) is -0.218. The summed E-state index contributed by atoms with van der Waals surface area (Å²) in [4.78, 5) is 24.2. The highest BCUT2D eigenvalue weighted by atomic mass is 16.5. The van der Waals surface area contributed by atoms with Gasteiger partial charge >= 0.3 is 0 Å². The van der Waals surface area contributed by atoms with Crippen LogP contribution in [0.5, 0.6) is 0 Å². The van der Waals surface area contributed by atoms with E-state index in [2.05, 4.69) is 10.6 Å². The molecule has 2 amide bonds. The molecule has 0 aliphatic carbocycles. The molecule has 138 valence electrons. The number of rotatable bonds is 8. The van der Waals surface area contributed by atoms with Crippen LogP contribution in [-0.2, 0) is 20.8 Å². The van der Waals surface area contributed by atoms with Gasteiger partial charge in [-0.2, -0.15) is 0 Å². The highest BCUT2D eigenvalue weighted by molar-refractivity contribution is 5.94. The Morgan fingerprint density at radius 3 is 2.80 bits per heavy atom. The zero-order chi connectivity index (χ0) is 18.2. The van der Waals surface area contributed by atoms with Crippen molar-refractivity contribution in [2.45, 2.75) is 45.4 Å². The summed E-state index contributed by atoms with van der Waals surface area (Å²) in [6, 6.07) is 7.20. The summed E-state index contributed by atoms with van der Waals surface area (Å²) in [5, 5.41) is 5.50. The molecule has 6 heteroatoms. The van der Waals surface area contributed by atoms with Crippen LogP contribution in [0.4, 0.5) is 0 Å². The zero-order valence-corrected chi connectivity index (χ0v) is 15.2. The van der Waals surface area contributed by atoms with E-state index in [1.165, 1.54) is 0 Å². The van der Waals surface area contributed by atoms with Gasteiger partial charge in [-0.25, -0.2) is 0 Å². The van der Waals surface area contributed by atoms with E-state index < -0.39 is 6.10 Å². The molecule has 0 unspecified atom stereocenters. The van der Waals surface area contributed by atoms with E-state index in [0.29, 0.717) is 18.7 Å². The third-order valence-electron chi connectivity index (χ3n) is 4.23. The fraction of sp³-hybridized carbons (Fsp3) is 0.579. The molecule has 1 aromatic rings. The SMILES string of the molecule is CNC(=O)c1cccc(CNC(=O)[C@@H](OC[C@H]2CCCO2)C(C)C)c1. The van der Waals surface area contributed by atoms with Crippen molar-refractivity contribution in [2.24, 2.45) is 5.92 Å². The maximum atomic E-state index is 12.5. The summed E-state index contributed by atoms with van der Waals surface area (Å²) >= 11 is 0. The lowest BCUT2D eigenvalue weighted by Gasteiger charge is -2.22. The first-order valence-corrected chi connectivity index (χ1v) is 8.83.